The lowest BCUT2D eigenvalue weighted by Crippen LogP contribution is -2.46. The Balaban J connectivity index is 1.84. The molecule has 38 heavy (non-hydrogen) atoms. The highest BCUT2D eigenvalue weighted by Crippen LogP contribution is 2.48. The summed E-state index contributed by atoms with van der Waals surface area (Å²) in [5, 5.41) is 13.2. The lowest BCUT2D eigenvalue weighted by atomic mass is 10.00. The topological polar surface area (TPSA) is 164 Å². The predicted molar refractivity (Wildman–Crippen MR) is 132 cm³/mol. The van der Waals surface area contributed by atoms with Crippen LogP contribution in [0.5, 0.6) is 5.75 Å². The molecule has 1 aromatic heterocycles. The number of halogens is 3. The number of anilines is 1. The molecule has 0 bridgehead atoms. The lowest BCUT2D eigenvalue weighted by molar-refractivity contribution is -0.149. The first-order chi connectivity index (χ1) is 17.8. The maximum absolute atomic E-state index is 14.1. The van der Waals surface area contributed by atoms with Crippen molar-refractivity contribution in [3.05, 3.63) is 52.8 Å². The number of para-hydroxylation sites is 1. The van der Waals surface area contributed by atoms with E-state index in [1.165, 1.54) is 19.1 Å². The minimum atomic E-state index is -4.38. The molecule has 4 N–H and O–H groups in total. The molecule has 2 heterocycles. The fourth-order valence-corrected chi connectivity index (χ4v) is 5.31. The number of nitrogens with one attached hydrogen (secondary N) is 1. The molecule has 3 rings (SSSR count). The second kappa shape index (κ2) is 12.1. The van der Waals surface area contributed by atoms with Gasteiger partial charge in [0.15, 0.2) is 17.9 Å². The van der Waals surface area contributed by atoms with Gasteiger partial charge >= 0.3 is 19.4 Å². The van der Waals surface area contributed by atoms with E-state index in [9.17, 15) is 28.0 Å². The number of hydrogen-bond donors (Lipinski definition) is 3. The molecule has 1 unspecified atom stereocenters. The van der Waals surface area contributed by atoms with Crippen LogP contribution >= 0.6 is 19.3 Å². The summed E-state index contributed by atoms with van der Waals surface area (Å²) < 4.78 is 63.9. The van der Waals surface area contributed by atoms with Gasteiger partial charge in [-0.15, -0.1) is 11.6 Å². The fourth-order valence-electron chi connectivity index (χ4n) is 3.51. The van der Waals surface area contributed by atoms with Crippen LogP contribution in [0.4, 0.5) is 14.6 Å². The Morgan fingerprint density at radius 2 is 2.03 bits per heavy atom. The summed E-state index contributed by atoms with van der Waals surface area (Å²) in [6, 6.07) is 6.69. The molecule has 1 aromatic carbocycles. The second-order valence-electron chi connectivity index (χ2n) is 8.73. The summed E-state index contributed by atoms with van der Waals surface area (Å²) in [7, 11) is -4.38. The van der Waals surface area contributed by atoms with E-state index in [4.69, 9.17) is 35.9 Å². The first kappa shape index (κ1) is 29.9. The van der Waals surface area contributed by atoms with E-state index < -0.39 is 79.8 Å². The maximum atomic E-state index is 14.1. The minimum absolute atomic E-state index is 0.115. The normalized spacial score (nSPS) is 25.6. The van der Waals surface area contributed by atoms with Crippen molar-refractivity contribution in [3.8, 4) is 5.75 Å². The number of hydrogen-bond acceptors (Lipinski definition) is 10. The predicted octanol–water partition coefficient (Wildman–Crippen LogP) is 2.30. The second-order valence-corrected chi connectivity index (χ2v) is 11.1. The van der Waals surface area contributed by atoms with Crippen molar-refractivity contribution in [1.82, 2.24) is 14.6 Å². The summed E-state index contributed by atoms with van der Waals surface area (Å²) in [6.07, 6.45) is -4.89. The number of aromatic nitrogens is 2. The molecular weight excluding hydrogens is 553 g/mol. The van der Waals surface area contributed by atoms with Gasteiger partial charge in [0, 0.05) is 0 Å². The van der Waals surface area contributed by atoms with Gasteiger partial charge in [-0.05, 0) is 32.9 Å². The molecule has 1 fully saturated rings. The molecular formula is C22H28ClF2N4O8P. The van der Waals surface area contributed by atoms with Crippen LogP contribution in [-0.2, 0) is 23.4 Å². The summed E-state index contributed by atoms with van der Waals surface area (Å²) in [6.45, 7) is 2.51. The average molecular weight is 581 g/mol. The highest BCUT2D eigenvalue weighted by atomic mass is 35.5. The van der Waals surface area contributed by atoms with Crippen LogP contribution in [0.2, 0.25) is 0 Å². The van der Waals surface area contributed by atoms with E-state index in [1.807, 2.05) is 0 Å². The summed E-state index contributed by atoms with van der Waals surface area (Å²) in [5.41, 5.74) is 4.18. The van der Waals surface area contributed by atoms with Crippen molar-refractivity contribution in [1.29, 1.82) is 0 Å². The largest absolute Gasteiger partial charge is 0.462 e. The molecule has 1 aliphatic heterocycles. The maximum Gasteiger partial charge on any atom is 0.459 e. The Hall–Kier alpha value is -2.61. The highest BCUT2D eigenvalue weighted by molar-refractivity contribution is 7.52. The monoisotopic (exact) mass is 580 g/mol. The molecule has 6 atom stereocenters. The molecule has 210 valence electrons. The van der Waals surface area contributed by atoms with Crippen molar-refractivity contribution >= 4 is 31.1 Å². The lowest BCUT2D eigenvalue weighted by Gasteiger charge is -2.28. The van der Waals surface area contributed by atoms with Gasteiger partial charge in [0.1, 0.15) is 35.5 Å². The number of aliphatic hydroxyl groups is 1. The van der Waals surface area contributed by atoms with E-state index in [0.29, 0.717) is 10.8 Å². The quantitative estimate of drug-likeness (QED) is 0.203. The third-order valence-electron chi connectivity index (χ3n) is 5.38. The van der Waals surface area contributed by atoms with Crippen LogP contribution < -0.4 is 21.0 Å². The van der Waals surface area contributed by atoms with Gasteiger partial charge in [-0.25, -0.2) is 18.1 Å². The third kappa shape index (κ3) is 6.68. The molecule has 2 aromatic rings. The molecule has 16 heteroatoms. The smallest absolute Gasteiger partial charge is 0.459 e. The number of nitrogens with two attached hydrogens (primary N) is 1. The van der Waals surface area contributed by atoms with Crippen molar-refractivity contribution in [2.45, 2.75) is 56.2 Å². The van der Waals surface area contributed by atoms with Gasteiger partial charge in [-0.1, -0.05) is 18.2 Å². The molecule has 12 nitrogen and oxygen atoms in total. The summed E-state index contributed by atoms with van der Waals surface area (Å²) in [4.78, 5) is 25.6. The van der Waals surface area contributed by atoms with Crippen LogP contribution in [0.3, 0.4) is 0 Å². The van der Waals surface area contributed by atoms with Gasteiger partial charge in [0.2, 0.25) is 0 Å². The first-order valence-electron chi connectivity index (χ1n) is 11.4. The molecule has 0 radical (unpaired) electrons. The van der Waals surface area contributed by atoms with Crippen molar-refractivity contribution in [2.24, 2.45) is 0 Å². The number of nitrogen functional groups attached to an aromatic ring is 1. The van der Waals surface area contributed by atoms with Gasteiger partial charge < -0.3 is 24.8 Å². The van der Waals surface area contributed by atoms with Crippen molar-refractivity contribution in [2.75, 3.05) is 19.0 Å². The van der Waals surface area contributed by atoms with E-state index in [0.717, 1.165) is 0 Å². The zero-order valence-corrected chi connectivity index (χ0v) is 22.3. The molecule has 1 aliphatic rings. The number of carbonyl (C=O) groups is 1. The number of carbonyl (C=O) groups excluding carboxylic acids is 1. The first-order valence-corrected chi connectivity index (χ1v) is 13.3. The average Bonchev–Trinajstić information content (AvgIpc) is 3.10. The Kier molecular flexibility index (Phi) is 9.50. The number of alkyl halides is 2. The molecule has 0 aliphatic carbocycles. The van der Waals surface area contributed by atoms with Crippen LogP contribution in [0, 0.1) is 5.82 Å². The Morgan fingerprint density at radius 1 is 1.37 bits per heavy atom. The summed E-state index contributed by atoms with van der Waals surface area (Å²) >= 11 is 6.30. The van der Waals surface area contributed by atoms with Gasteiger partial charge in [0.25, 0.3) is 0 Å². The van der Waals surface area contributed by atoms with E-state index in [-0.39, 0.29) is 5.75 Å². The number of rotatable bonds is 11. The zero-order valence-electron chi connectivity index (χ0n) is 20.6. The van der Waals surface area contributed by atoms with Crippen LogP contribution in [0.1, 0.15) is 27.0 Å². The number of benzene rings is 1. The Morgan fingerprint density at radius 3 is 2.63 bits per heavy atom. The number of ether oxygens (including phenoxy) is 2. The SMILES string of the molecule is CC(C)OC(=O)[C@H](C)N[P@](=O)(OC[C@H]1O[C@@H](n2cc(F)c(N)nc2=O)[C@@](Cl)(CF)C1O)Oc1ccccc1. The third-order valence-corrected chi connectivity index (χ3v) is 7.54. The van der Waals surface area contributed by atoms with E-state index in [1.54, 1.807) is 32.0 Å². The van der Waals surface area contributed by atoms with Crippen LogP contribution in [-0.4, -0.2) is 63.1 Å². The van der Waals surface area contributed by atoms with Crippen LogP contribution in [0.25, 0.3) is 0 Å². The number of aliphatic hydroxyl groups excluding tert-OH is 1. The molecule has 0 saturated carbocycles. The summed E-state index contributed by atoms with van der Waals surface area (Å²) in [5.74, 6) is -2.43. The standard InChI is InChI=1S/C22H28ClF2N4O8P/c1-12(2)35-19(31)13(3)28-38(33,37-14-7-5-4-6-8-14)34-10-16-17(30)22(23,11-24)20(36-16)29-9-15(25)18(26)27-21(29)32/h4-9,12-13,16-17,20,30H,10-11H2,1-3H3,(H,28,33)(H2,26,27,32)/t13-,16+,17?,20+,22+,38-/m0/s1. The van der Waals surface area contributed by atoms with E-state index in [2.05, 4.69) is 10.1 Å². The van der Waals surface area contributed by atoms with Gasteiger partial charge in [0.05, 0.1) is 18.9 Å². The highest BCUT2D eigenvalue weighted by Gasteiger charge is 2.57. The molecule has 0 amide bonds. The van der Waals surface area contributed by atoms with E-state index >= 15 is 0 Å². The number of nitrogens with zero attached hydrogens (tertiary/aromatic N) is 2. The minimum Gasteiger partial charge on any atom is -0.462 e. The van der Waals surface area contributed by atoms with Gasteiger partial charge in [-0.3, -0.25) is 13.9 Å². The van der Waals surface area contributed by atoms with Crippen LogP contribution in [0.15, 0.2) is 41.3 Å². The Bertz CT molecular complexity index is 1240. The number of esters is 1. The van der Waals surface area contributed by atoms with Crippen molar-refractivity contribution in [3.63, 3.8) is 0 Å². The zero-order chi connectivity index (χ0) is 28.3. The van der Waals surface area contributed by atoms with Gasteiger partial charge in [-0.2, -0.15) is 10.1 Å². The molecule has 0 spiro atoms. The fraction of sp³-hybridized carbons (Fsp3) is 0.500. The Labute approximate surface area is 221 Å². The molecule has 1 saturated heterocycles. The van der Waals surface area contributed by atoms with Crippen molar-refractivity contribution < 1.29 is 41.8 Å².